The zero-order valence-corrected chi connectivity index (χ0v) is 15.9. The minimum absolute atomic E-state index is 0.149. The highest BCUT2D eigenvalue weighted by molar-refractivity contribution is 5.99. The van der Waals surface area contributed by atoms with Crippen LogP contribution in [-0.2, 0) is 4.79 Å². The van der Waals surface area contributed by atoms with E-state index in [9.17, 15) is 9.59 Å². The van der Waals surface area contributed by atoms with Gasteiger partial charge in [0.2, 0.25) is 5.91 Å². The van der Waals surface area contributed by atoms with Crippen LogP contribution in [0.25, 0.3) is 5.69 Å². The molecule has 1 aromatic heterocycles. The maximum atomic E-state index is 12.9. The van der Waals surface area contributed by atoms with Crippen molar-refractivity contribution >= 4 is 11.7 Å². The molecule has 26 heavy (non-hydrogen) atoms. The summed E-state index contributed by atoms with van der Waals surface area (Å²) in [6.07, 6.45) is 0.546. The van der Waals surface area contributed by atoms with Crippen LogP contribution < -0.4 is 0 Å². The Morgan fingerprint density at radius 1 is 1.00 bits per heavy atom. The smallest absolute Gasteiger partial charge is 0.222 e. The number of aryl methyl sites for hydroxylation is 1. The van der Waals surface area contributed by atoms with Crippen molar-refractivity contribution in [2.24, 2.45) is 0 Å². The number of rotatable bonds is 5. The molecule has 1 aromatic carbocycles. The topological polar surface area (TPSA) is 45.6 Å². The van der Waals surface area contributed by atoms with E-state index in [1.807, 2.05) is 49.9 Å². The lowest BCUT2D eigenvalue weighted by Gasteiger charge is -2.34. The van der Waals surface area contributed by atoms with Gasteiger partial charge in [-0.05, 0) is 32.0 Å². The first kappa shape index (κ1) is 18.4. The number of aromatic nitrogens is 1. The van der Waals surface area contributed by atoms with E-state index in [4.69, 9.17) is 0 Å². The molecular formula is C21H27N3O2. The van der Waals surface area contributed by atoms with Crippen LogP contribution in [0.5, 0.6) is 0 Å². The van der Waals surface area contributed by atoms with Crippen LogP contribution in [0.3, 0.4) is 0 Å². The van der Waals surface area contributed by atoms with E-state index in [1.165, 1.54) is 0 Å². The van der Waals surface area contributed by atoms with Crippen LogP contribution in [0.4, 0.5) is 0 Å². The summed E-state index contributed by atoms with van der Waals surface area (Å²) in [5.41, 5.74) is 3.92. The summed E-state index contributed by atoms with van der Waals surface area (Å²) >= 11 is 0. The van der Waals surface area contributed by atoms with Crippen molar-refractivity contribution < 1.29 is 9.59 Å². The van der Waals surface area contributed by atoms with E-state index in [-0.39, 0.29) is 11.7 Å². The molecule has 1 fully saturated rings. The van der Waals surface area contributed by atoms with Crippen LogP contribution in [0.1, 0.15) is 35.1 Å². The van der Waals surface area contributed by atoms with Crippen LogP contribution in [0.2, 0.25) is 0 Å². The SMILES string of the molecule is CCC(=O)N1CCN(CC(=O)c2cc(C)n(-c3ccccc3)c2C)CC1. The molecule has 0 spiro atoms. The lowest BCUT2D eigenvalue weighted by atomic mass is 10.1. The Morgan fingerprint density at radius 2 is 1.65 bits per heavy atom. The lowest BCUT2D eigenvalue weighted by Crippen LogP contribution is -2.49. The molecule has 138 valence electrons. The minimum atomic E-state index is 0.149. The number of amides is 1. The summed E-state index contributed by atoms with van der Waals surface area (Å²) in [4.78, 5) is 28.7. The molecule has 0 unspecified atom stereocenters. The van der Waals surface area contributed by atoms with Crippen molar-refractivity contribution in [3.8, 4) is 5.69 Å². The van der Waals surface area contributed by atoms with E-state index in [0.29, 0.717) is 26.1 Å². The molecule has 0 aliphatic carbocycles. The number of Topliss-reactive ketones (excluding diaryl/α,β-unsaturated/α-hetero) is 1. The second-order valence-corrected chi connectivity index (χ2v) is 6.89. The van der Waals surface area contributed by atoms with Gasteiger partial charge in [-0.3, -0.25) is 14.5 Å². The van der Waals surface area contributed by atoms with Gasteiger partial charge < -0.3 is 9.47 Å². The molecule has 0 bridgehead atoms. The van der Waals surface area contributed by atoms with E-state index in [2.05, 4.69) is 21.6 Å². The molecule has 2 aromatic rings. The number of ketones is 1. The first-order valence-corrected chi connectivity index (χ1v) is 9.29. The normalized spacial score (nSPS) is 15.3. The Kier molecular flexibility index (Phi) is 5.57. The quantitative estimate of drug-likeness (QED) is 0.777. The standard InChI is InChI=1S/C21H27N3O2/c1-4-21(26)23-12-10-22(11-13-23)15-20(25)19-14-16(2)24(17(19)3)18-8-6-5-7-9-18/h5-9,14H,4,10-13,15H2,1-3H3. The highest BCUT2D eigenvalue weighted by Gasteiger charge is 2.23. The second-order valence-electron chi connectivity index (χ2n) is 6.89. The average molecular weight is 353 g/mol. The van der Waals surface area contributed by atoms with Crippen LogP contribution in [0.15, 0.2) is 36.4 Å². The van der Waals surface area contributed by atoms with Crippen LogP contribution in [-0.4, -0.2) is 58.8 Å². The number of hydrogen-bond donors (Lipinski definition) is 0. The van der Waals surface area contributed by atoms with Crippen molar-refractivity contribution in [1.82, 2.24) is 14.4 Å². The second kappa shape index (κ2) is 7.87. The first-order chi connectivity index (χ1) is 12.5. The van der Waals surface area contributed by atoms with Crippen LogP contribution in [0, 0.1) is 13.8 Å². The predicted octanol–water partition coefficient (Wildman–Crippen LogP) is 2.83. The Balaban J connectivity index is 1.69. The summed E-state index contributed by atoms with van der Waals surface area (Å²) in [5, 5.41) is 0. The maximum Gasteiger partial charge on any atom is 0.222 e. The Morgan fingerprint density at radius 3 is 2.27 bits per heavy atom. The van der Waals surface area contributed by atoms with Gasteiger partial charge in [-0.1, -0.05) is 25.1 Å². The molecule has 5 heteroatoms. The monoisotopic (exact) mass is 353 g/mol. The third-order valence-corrected chi connectivity index (χ3v) is 5.14. The molecule has 0 N–H and O–H groups in total. The number of nitrogens with zero attached hydrogens (tertiary/aromatic N) is 3. The largest absolute Gasteiger partial charge is 0.340 e. The van der Waals surface area contributed by atoms with Gasteiger partial charge in [0.05, 0.1) is 6.54 Å². The van der Waals surface area contributed by atoms with E-state index < -0.39 is 0 Å². The molecule has 1 amide bonds. The van der Waals surface area contributed by atoms with Crippen LogP contribution >= 0.6 is 0 Å². The van der Waals surface area contributed by atoms with Crippen molar-refractivity contribution in [2.45, 2.75) is 27.2 Å². The van der Waals surface area contributed by atoms with Gasteiger partial charge in [0.25, 0.3) is 0 Å². The summed E-state index contributed by atoms with van der Waals surface area (Å²) in [5.74, 6) is 0.345. The lowest BCUT2D eigenvalue weighted by molar-refractivity contribution is -0.132. The molecule has 1 aliphatic heterocycles. The van der Waals surface area contributed by atoms with Gasteiger partial charge in [0, 0.05) is 55.2 Å². The average Bonchev–Trinajstić information content (AvgIpc) is 2.96. The predicted molar refractivity (Wildman–Crippen MR) is 103 cm³/mol. The Labute approximate surface area is 155 Å². The van der Waals surface area contributed by atoms with Gasteiger partial charge in [0.1, 0.15) is 0 Å². The van der Waals surface area contributed by atoms with E-state index >= 15 is 0 Å². The maximum absolute atomic E-state index is 12.9. The van der Waals surface area contributed by atoms with Crippen molar-refractivity contribution in [3.63, 3.8) is 0 Å². The van der Waals surface area contributed by atoms with Gasteiger partial charge in [-0.15, -0.1) is 0 Å². The number of hydrogen-bond acceptors (Lipinski definition) is 3. The van der Waals surface area contributed by atoms with Crippen molar-refractivity contribution in [1.29, 1.82) is 0 Å². The fraction of sp³-hybridized carbons (Fsp3) is 0.429. The van der Waals surface area contributed by atoms with Crippen molar-refractivity contribution in [3.05, 3.63) is 53.3 Å². The Bertz CT molecular complexity index is 787. The number of carbonyl (C=O) groups is 2. The van der Waals surface area contributed by atoms with Crippen molar-refractivity contribution in [2.75, 3.05) is 32.7 Å². The molecule has 1 saturated heterocycles. The molecule has 0 atom stereocenters. The zero-order chi connectivity index (χ0) is 18.7. The van der Waals surface area contributed by atoms with E-state index in [1.54, 1.807) is 0 Å². The number of benzene rings is 1. The fourth-order valence-electron chi connectivity index (χ4n) is 3.69. The minimum Gasteiger partial charge on any atom is -0.340 e. The molecule has 0 radical (unpaired) electrons. The molecule has 5 nitrogen and oxygen atoms in total. The van der Waals surface area contributed by atoms with E-state index in [0.717, 1.165) is 35.7 Å². The number of carbonyl (C=O) groups excluding carboxylic acids is 2. The molecule has 1 aliphatic rings. The number of piperazine rings is 1. The highest BCUT2D eigenvalue weighted by Crippen LogP contribution is 2.21. The summed E-state index contributed by atoms with van der Waals surface area (Å²) in [7, 11) is 0. The molecule has 0 saturated carbocycles. The molecular weight excluding hydrogens is 326 g/mol. The molecule has 3 rings (SSSR count). The third kappa shape index (κ3) is 3.73. The van der Waals surface area contributed by atoms with Gasteiger partial charge in [0.15, 0.2) is 5.78 Å². The van der Waals surface area contributed by atoms with Gasteiger partial charge >= 0.3 is 0 Å². The summed E-state index contributed by atoms with van der Waals surface area (Å²) < 4.78 is 2.13. The highest BCUT2D eigenvalue weighted by atomic mass is 16.2. The molecule has 2 heterocycles. The number of para-hydroxylation sites is 1. The third-order valence-electron chi connectivity index (χ3n) is 5.14. The van der Waals surface area contributed by atoms with Gasteiger partial charge in [-0.2, -0.15) is 0 Å². The fourth-order valence-corrected chi connectivity index (χ4v) is 3.69. The van der Waals surface area contributed by atoms with Gasteiger partial charge in [-0.25, -0.2) is 0 Å². The Hall–Kier alpha value is -2.40. The summed E-state index contributed by atoms with van der Waals surface area (Å²) in [6, 6.07) is 12.1. The first-order valence-electron chi connectivity index (χ1n) is 9.29. The summed E-state index contributed by atoms with van der Waals surface area (Å²) in [6.45, 7) is 9.28. The zero-order valence-electron chi connectivity index (χ0n) is 15.9.